The van der Waals surface area contributed by atoms with Gasteiger partial charge in [0.15, 0.2) is 23.5 Å². The van der Waals surface area contributed by atoms with Gasteiger partial charge in [-0.2, -0.15) is 15.1 Å². The number of benzene rings is 2. The number of carbonyl (C=O) groups excluding carboxylic acids is 2. The van der Waals surface area contributed by atoms with E-state index in [0.717, 1.165) is 12.8 Å². The lowest BCUT2D eigenvalue weighted by Gasteiger charge is -2.55. The number of rotatable bonds is 38. The van der Waals surface area contributed by atoms with E-state index in [1.165, 1.54) is 10.9 Å². The highest BCUT2D eigenvalue weighted by molar-refractivity contribution is 7.51. The van der Waals surface area contributed by atoms with E-state index in [2.05, 4.69) is 30.1 Å². The molecule has 3 aromatic heterocycles. The van der Waals surface area contributed by atoms with E-state index in [1.807, 2.05) is 9.80 Å². The lowest BCUT2D eigenvalue weighted by molar-refractivity contribution is -0.136. The van der Waals surface area contributed by atoms with Crippen molar-refractivity contribution >= 4 is 47.9 Å². The van der Waals surface area contributed by atoms with Gasteiger partial charge in [-0.15, -0.1) is 5.10 Å². The third-order valence-corrected chi connectivity index (χ3v) is 14.3. The Morgan fingerprint density at radius 2 is 1.36 bits per heavy atom. The summed E-state index contributed by atoms with van der Waals surface area (Å²) in [5.41, 5.74) is 1.29. The van der Waals surface area contributed by atoms with E-state index in [-0.39, 0.29) is 61.7 Å². The monoisotopic (exact) mass is 1260 g/mol. The van der Waals surface area contributed by atoms with E-state index >= 15 is 0 Å². The van der Waals surface area contributed by atoms with Crippen LogP contribution in [0.3, 0.4) is 0 Å². The largest absolute Gasteiger partial charge is 0.491 e. The zero-order valence-electron chi connectivity index (χ0n) is 46.9. The number of fused-ring (bicyclic) bond motifs is 1. The maximum atomic E-state index is 13.7. The first-order valence-corrected chi connectivity index (χ1v) is 29.9. The first-order chi connectivity index (χ1) is 41.5. The molecule has 4 atom stereocenters. The van der Waals surface area contributed by atoms with Crippen LogP contribution in [0.2, 0.25) is 5.28 Å². The number of likely N-dealkylation sites (tertiary alicyclic amines) is 1. The molecule has 3 aliphatic heterocycles. The second-order valence-electron chi connectivity index (χ2n) is 20.1. The average Bonchev–Trinajstić information content (AvgIpc) is 1.38. The molecule has 4 N–H and O–H groups in total. The van der Waals surface area contributed by atoms with Crippen LogP contribution in [0, 0.1) is 22.9 Å². The zero-order valence-corrected chi connectivity index (χ0v) is 48.6. The summed E-state index contributed by atoms with van der Waals surface area (Å²) < 4.78 is 120. The number of esters is 1. The van der Waals surface area contributed by atoms with Gasteiger partial charge in [-0.3, -0.25) is 14.2 Å². The molecular weight excluding hydrogens is 1190 g/mol. The predicted molar refractivity (Wildman–Crippen MR) is 293 cm³/mol. The van der Waals surface area contributed by atoms with Gasteiger partial charge in [-0.05, 0) is 48.7 Å². The number of hydrogen-bond donors (Lipinski definition) is 4. The van der Waals surface area contributed by atoms with Gasteiger partial charge in [0, 0.05) is 49.3 Å². The third kappa shape index (κ3) is 20.0. The van der Waals surface area contributed by atoms with Gasteiger partial charge in [0.2, 0.25) is 11.0 Å². The van der Waals surface area contributed by atoms with E-state index in [1.54, 1.807) is 35.1 Å². The molecule has 33 heteroatoms. The summed E-state index contributed by atoms with van der Waals surface area (Å²) >= 11 is 6.41. The number of aliphatic hydroxyl groups excluding tert-OH is 2. The van der Waals surface area contributed by atoms with E-state index in [9.17, 15) is 37.5 Å². The van der Waals surface area contributed by atoms with E-state index < -0.39 is 67.7 Å². The van der Waals surface area contributed by atoms with Crippen molar-refractivity contribution in [1.29, 1.82) is 0 Å². The average molecular weight is 1260 g/mol. The Balaban J connectivity index is 0.589. The van der Waals surface area contributed by atoms with Crippen LogP contribution < -0.4 is 14.4 Å². The van der Waals surface area contributed by atoms with Crippen molar-refractivity contribution in [2.45, 2.75) is 57.0 Å². The fraction of sp³-hybridized carbons (Fsp3) is 0.604. The third-order valence-electron chi connectivity index (χ3n) is 13.6. The number of anilines is 1. The van der Waals surface area contributed by atoms with Crippen molar-refractivity contribution in [3.05, 3.63) is 82.8 Å². The van der Waals surface area contributed by atoms with Crippen LogP contribution in [0.25, 0.3) is 11.0 Å². The number of aromatic nitrogens is 7. The van der Waals surface area contributed by atoms with Crippen molar-refractivity contribution in [2.24, 2.45) is 5.41 Å². The summed E-state index contributed by atoms with van der Waals surface area (Å²) in [5.74, 6) is -4.59. The molecule has 3 saturated heterocycles. The molecule has 0 aliphatic carbocycles. The minimum Gasteiger partial charge on any atom is -0.491 e. The predicted octanol–water partition coefficient (Wildman–Crippen LogP) is 2.71. The second-order valence-corrected chi connectivity index (χ2v) is 22.1. The highest BCUT2D eigenvalue weighted by Gasteiger charge is 2.49. The van der Waals surface area contributed by atoms with Crippen LogP contribution in [-0.2, 0) is 69.9 Å². The Kier molecular flexibility index (Phi) is 25.6. The van der Waals surface area contributed by atoms with Crippen LogP contribution in [0.15, 0.2) is 48.8 Å². The fourth-order valence-electron chi connectivity index (χ4n) is 9.53. The zero-order chi connectivity index (χ0) is 60.9. The fourth-order valence-corrected chi connectivity index (χ4v) is 10.0. The van der Waals surface area contributed by atoms with Gasteiger partial charge >= 0.3 is 13.6 Å². The van der Waals surface area contributed by atoms with Gasteiger partial charge in [-0.25, -0.2) is 22.5 Å². The molecule has 0 saturated carbocycles. The van der Waals surface area contributed by atoms with E-state index in [4.69, 9.17) is 73.5 Å². The molecular formula is C53H70ClF3N9O19P. The molecule has 0 bridgehead atoms. The number of aliphatic hydroxyl groups is 2. The molecule has 1 amide bonds. The number of carbonyl (C=O) groups is 2. The van der Waals surface area contributed by atoms with Crippen molar-refractivity contribution in [3.8, 4) is 11.5 Å². The summed E-state index contributed by atoms with van der Waals surface area (Å²) in [6, 6.07) is 7.87. The van der Waals surface area contributed by atoms with Gasteiger partial charge in [0.25, 0.3) is 5.91 Å². The lowest BCUT2D eigenvalue weighted by atomic mass is 9.73. The minimum absolute atomic E-state index is 0.0590. The number of halogens is 4. The second kappa shape index (κ2) is 33.1. The molecule has 1 spiro atoms. The van der Waals surface area contributed by atoms with Crippen LogP contribution in [0.5, 0.6) is 11.5 Å². The Morgan fingerprint density at radius 3 is 2.00 bits per heavy atom. The number of hydrogen-bond acceptors (Lipinski definition) is 23. The maximum Gasteiger partial charge on any atom is 0.350 e. The maximum absolute atomic E-state index is 13.7. The Bertz CT molecular complexity index is 2960. The first-order valence-electron chi connectivity index (χ1n) is 27.7. The van der Waals surface area contributed by atoms with Crippen LogP contribution >= 0.6 is 19.2 Å². The van der Waals surface area contributed by atoms with Gasteiger partial charge in [-0.1, -0.05) is 5.21 Å². The molecule has 0 unspecified atom stereocenters. The molecule has 3 aliphatic rings. The van der Waals surface area contributed by atoms with Gasteiger partial charge < -0.3 is 86.6 Å². The minimum atomic E-state index is -4.45. The highest BCUT2D eigenvalue weighted by Crippen LogP contribution is 2.44. The number of ether oxygens (including phenoxy) is 12. The Morgan fingerprint density at radius 1 is 0.756 bits per heavy atom. The Labute approximate surface area is 496 Å². The molecule has 28 nitrogen and oxygen atoms in total. The Hall–Kier alpha value is -5.58. The van der Waals surface area contributed by atoms with Gasteiger partial charge in [0.05, 0.1) is 143 Å². The summed E-state index contributed by atoms with van der Waals surface area (Å²) in [5, 5.41) is 34.5. The highest BCUT2D eigenvalue weighted by atomic mass is 35.5. The van der Waals surface area contributed by atoms with Crippen molar-refractivity contribution < 1.29 is 104 Å². The SMILES string of the molecule is O=C(CCOCCOCCOCCOCCn1cc(COCCOCCOCCOCCOc2ccc(C(=O)N3CCCC4(C3)CN(c3nc(Cl)nc5c3cnn5[C@@H]3O[C@H](COCP(=O)(O)O)[C@@H](O)[C@H]3O)C4)cc2)nn1)Oc1c(F)cc(F)cc1F. The van der Waals surface area contributed by atoms with Crippen LogP contribution in [0.4, 0.5) is 19.0 Å². The molecule has 5 aromatic rings. The summed E-state index contributed by atoms with van der Waals surface area (Å²) in [6.45, 7) is 7.81. The molecule has 0 radical (unpaired) electrons. The van der Waals surface area contributed by atoms with E-state index in [0.29, 0.717) is 159 Å². The smallest absolute Gasteiger partial charge is 0.350 e. The van der Waals surface area contributed by atoms with Crippen molar-refractivity contribution in [1.82, 2.24) is 39.6 Å². The molecule has 6 heterocycles. The number of nitrogens with zero attached hydrogens (tertiary/aromatic N) is 9. The summed E-state index contributed by atoms with van der Waals surface area (Å²) in [7, 11) is -4.45. The first kappa shape index (κ1) is 66.4. The summed E-state index contributed by atoms with van der Waals surface area (Å²) in [4.78, 5) is 56.4. The van der Waals surface area contributed by atoms with Gasteiger partial charge in [0.1, 0.15) is 54.3 Å². The topological polar surface area (TPSA) is 324 Å². The van der Waals surface area contributed by atoms with Crippen LogP contribution in [-0.4, -0.2) is 235 Å². The molecule has 2 aromatic carbocycles. The quantitative estimate of drug-likeness (QED) is 0.0145. The van der Waals surface area contributed by atoms with Crippen LogP contribution in [0.1, 0.15) is 41.5 Å². The lowest BCUT2D eigenvalue weighted by Crippen LogP contribution is -2.64. The molecule has 8 rings (SSSR count). The standard InChI is InChI=1S/C53H70ClF3N9O19P/c54-52-59-48(40-28-58-66(49(40)60-52)51-46(69)45(68)43(84-51)31-82-35-86(71,72)73)64-33-53(34-64)7-1-8-63(32-53)50(70)36-2-4-39(5-3-36)83-25-24-80-21-20-78-18-19-79-22-23-81-30-38-29-65(62-61-38)9-11-75-13-15-77-17-16-76-14-12-74-10-6-44(67)85-47-41(56)26-37(55)27-42(47)57/h2-5,26-29,43,45-46,51,68-69H,1,6-25,30-35H2,(H2,71,72,73)/t43-,45-,46-,51-/m1/s1. The molecule has 3 fully saturated rings. The number of piperidine rings is 1. The molecule has 474 valence electrons. The number of amides is 1. The summed E-state index contributed by atoms with van der Waals surface area (Å²) in [6.07, 6.45) is -1.31. The molecule has 86 heavy (non-hydrogen) atoms. The van der Waals surface area contributed by atoms with Crippen molar-refractivity contribution in [3.63, 3.8) is 0 Å². The van der Waals surface area contributed by atoms with Crippen molar-refractivity contribution in [2.75, 3.05) is 150 Å². The normalized spacial score (nSPS) is 18.6.